The molecule has 0 unspecified atom stereocenters. The van der Waals surface area contributed by atoms with Crippen LogP contribution >= 0.6 is 0 Å². The fourth-order valence-corrected chi connectivity index (χ4v) is 4.39. The molecule has 3 aromatic rings. The Labute approximate surface area is 247 Å². The van der Waals surface area contributed by atoms with E-state index in [4.69, 9.17) is 14.3 Å². The second-order valence-corrected chi connectivity index (χ2v) is 9.75. The maximum Gasteiger partial charge on any atom is 0.343 e. The van der Waals surface area contributed by atoms with E-state index in [-0.39, 0.29) is 35.8 Å². The maximum absolute atomic E-state index is 12.6. The second-order valence-electron chi connectivity index (χ2n) is 9.75. The minimum absolute atomic E-state index is 0.251. The molecule has 2 aliphatic rings. The lowest BCUT2D eigenvalue weighted by Crippen LogP contribution is -2.31. The van der Waals surface area contributed by atoms with Gasteiger partial charge < -0.3 is 14.3 Å². The van der Waals surface area contributed by atoms with Crippen LogP contribution < -0.4 is 19.3 Å². The van der Waals surface area contributed by atoms with Crippen LogP contribution in [0.2, 0.25) is 0 Å². The van der Waals surface area contributed by atoms with E-state index in [9.17, 15) is 24.0 Å². The van der Waals surface area contributed by atoms with Crippen molar-refractivity contribution in [3.63, 3.8) is 0 Å². The van der Waals surface area contributed by atoms with E-state index in [1.165, 1.54) is 24.3 Å². The van der Waals surface area contributed by atoms with Crippen LogP contribution in [0.25, 0.3) is 0 Å². The summed E-state index contributed by atoms with van der Waals surface area (Å²) in [6.45, 7) is 8.75. The number of hydrogen-bond acceptors (Lipinski definition) is 8. The number of anilines is 2. The number of ether oxygens (including phenoxy) is 2. The van der Waals surface area contributed by atoms with E-state index in [0.717, 1.165) is 15.4 Å². The first-order valence-corrected chi connectivity index (χ1v) is 13.1. The van der Waals surface area contributed by atoms with Crippen LogP contribution in [0.3, 0.4) is 0 Å². The summed E-state index contributed by atoms with van der Waals surface area (Å²) in [6, 6.07) is 19.6. The molecular weight excluding hydrogens is 552 g/mol. The lowest BCUT2D eigenvalue weighted by Gasteiger charge is -2.15. The molecule has 0 radical (unpaired) electrons. The molecule has 10 heteroatoms. The molecule has 43 heavy (non-hydrogen) atoms. The highest BCUT2D eigenvalue weighted by Crippen LogP contribution is 2.29. The van der Waals surface area contributed by atoms with E-state index in [1.807, 2.05) is 6.79 Å². The average Bonchev–Trinajstić information content (AvgIpc) is 3.35. The minimum Gasteiger partial charge on any atom is -0.489 e. The zero-order valence-electron chi connectivity index (χ0n) is 24.0. The Morgan fingerprint density at radius 3 is 1.37 bits per heavy atom. The first-order valence-electron chi connectivity index (χ1n) is 13.1. The lowest BCUT2D eigenvalue weighted by molar-refractivity contribution is -0.122. The van der Waals surface area contributed by atoms with Gasteiger partial charge in [0.2, 0.25) is 0 Å². The number of benzene rings is 3. The zero-order chi connectivity index (χ0) is 31.4. The van der Waals surface area contributed by atoms with E-state index >= 15 is 0 Å². The van der Waals surface area contributed by atoms with Crippen LogP contribution in [0.1, 0.15) is 43.6 Å². The molecule has 0 spiro atoms. The SMILES string of the molecule is C=O.CC1=C(C)C(=O)N(c2ccc(COc3ccc(OC(=O)c4ccc(N5C(=O)C(C)=C(C)C5=O)cc4)cc3)cc2)C1=O. The van der Waals surface area contributed by atoms with Gasteiger partial charge in [-0.15, -0.1) is 0 Å². The van der Waals surface area contributed by atoms with Gasteiger partial charge in [0.25, 0.3) is 23.6 Å². The fraction of sp³-hybridized carbons (Fsp3) is 0.152. The number of nitrogens with zero attached hydrogens (tertiary/aromatic N) is 2. The third kappa shape index (κ3) is 5.89. The van der Waals surface area contributed by atoms with Crippen molar-refractivity contribution >= 4 is 47.8 Å². The Morgan fingerprint density at radius 1 is 0.581 bits per heavy atom. The van der Waals surface area contributed by atoms with Gasteiger partial charge >= 0.3 is 5.97 Å². The monoisotopic (exact) mass is 580 g/mol. The molecule has 0 saturated heterocycles. The molecule has 218 valence electrons. The minimum atomic E-state index is -0.592. The van der Waals surface area contributed by atoms with Crippen LogP contribution in [0, 0.1) is 0 Å². The molecule has 0 saturated carbocycles. The quantitative estimate of drug-likeness (QED) is 0.223. The number of amides is 4. The van der Waals surface area contributed by atoms with Gasteiger partial charge in [-0.3, -0.25) is 19.2 Å². The predicted molar refractivity (Wildman–Crippen MR) is 157 cm³/mol. The summed E-state index contributed by atoms with van der Waals surface area (Å²) in [5.41, 5.74) is 3.68. The Kier molecular flexibility index (Phi) is 8.80. The van der Waals surface area contributed by atoms with Crippen LogP contribution in [-0.4, -0.2) is 36.4 Å². The maximum atomic E-state index is 12.6. The zero-order valence-corrected chi connectivity index (χ0v) is 24.0. The third-order valence-corrected chi connectivity index (χ3v) is 7.22. The molecule has 2 aliphatic heterocycles. The summed E-state index contributed by atoms with van der Waals surface area (Å²) in [6.07, 6.45) is 0. The number of imide groups is 2. The fourth-order valence-electron chi connectivity index (χ4n) is 4.39. The number of hydrogen-bond donors (Lipinski definition) is 0. The summed E-state index contributed by atoms with van der Waals surface area (Å²) in [5.74, 6) is -1.10. The molecule has 0 aliphatic carbocycles. The van der Waals surface area contributed by atoms with E-state index < -0.39 is 5.97 Å². The molecule has 4 amide bonds. The van der Waals surface area contributed by atoms with Gasteiger partial charge in [-0.25, -0.2) is 14.6 Å². The van der Waals surface area contributed by atoms with Crippen LogP contribution in [0.5, 0.6) is 11.5 Å². The summed E-state index contributed by atoms with van der Waals surface area (Å²) in [4.78, 5) is 72.3. The van der Waals surface area contributed by atoms with E-state index in [1.54, 1.807) is 76.2 Å². The molecule has 3 aromatic carbocycles. The van der Waals surface area contributed by atoms with Gasteiger partial charge in [0, 0.05) is 22.3 Å². The topological polar surface area (TPSA) is 127 Å². The van der Waals surface area contributed by atoms with Crippen LogP contribution in [0.15, 0.2) is 95.1 Å². The molecule has 0 fully saturated rings. The molecular formula is C33H28N2O8. The Morgan fingerprint density at radius 2 is 0.953 bits per heavy atom. The summed E-state index contributed by atoms with van der Waals surface area (Å²) >= 11 is 0. The molecule has 2 heterocycles. The van der Waals surface area contributed by atoms with Gasteiger partial charge in [-0.1, -0.05) is 12.1 Å². The number of carbonyl (C=O) groups is 6. The molecule has 5 rings (SSSR count). The lowest BCUT2D eigenvalue weighted by atomic mass is 10.2. The van der Waals surface area contributed by atoms with Crippen molar-refractivity contribution in [1.29, 1.82) is 0 Å². The molecule has 0 bridgehead atoms. The van der Waals surface area contributed by atoms with Gasteiger partial charge in [0.1, 0.15) is 24.9 Å². The van der Waals surface area contributed by atoms with Crippen molar-refractivity contribution in [2.45, 2.75) is 34.3 Å². The number of carbonyl (C=O) groups excluding carboxylic acids is 6. The summed E-state index contributed by atoms with van der Waals surface area (Å²) < 4.78 is 11.3. The van der Waals surface area contributed by atoms with Crippen molar-refractivity contribution in [1.82, 2.24) is 0 Å². The van der Waals surface area contributed by atoms with Gasteiger partial charge in [-0.2, -0.15) is 0 Å². The molecule has 0 atom stereocenters. The Hall–Kier alpha value is -5.64. The van der Waals surface area contributed by atoms with Crippen LogP contribution in [-0.2, 0) is 30.6 Å². The summed E-state index contributed by atoms with van der Waals surface area (Å²) in [7, 11) is 0. The molecule has 0 aromatic heterocycles. The normalized spacial score (nSPS) is 14.8. The van der Waals surface area contributed by atoms with Gasteiger partial charge in [-0.05, 0) is 93.9 Å². The molecule has 10 nitrogen and oxygen atoms in total. The van der Waals surface area contributed by atoms with Crippen molar-refractivity contribution in [2.75, 3.05) is 9.80 Å². The standard InChI is InChI=1S/C32H26N2O7.CH2O/c1-18-19(2)29(36)33(28(18)35)24-9-5-22(6-10-24)17-40-26-13-15-27(16-14-26)41-32(39)23-7-11-25(12-8-23)34-30(37)20(3)21(4)31(34)38;1-2/h5-16H,17H2,1-4H3;1H2. The Balaban J connectivity index is 0.00000207. The van der Waals surface area contributed by atoms with Crippen molar-refractivity contribution in [3.8, 4) is 11.5 Å². The predicted octanol–water partition coefficient (Wildman–Crippen LogP) is 4.72. The first-order chi connectivity index (χ1) is 20.6. The second kappa shape index (κ2) is 12.5. The van der Waals surface area contributed by atoms with Crippen molar-refractivity contribution < 1.29 is 38.2 Å². The van der Waals surface area contributed by atoms with Crippen molar-refractivity contribution in [2.24, 2.45) is 0 Å². The first kappa shape index (κ1) is 30.3. The average molecular weight is 581 g/mol. The van der Waals surface area contributed by atoms with Gasteiger partial charge in [0.05, 0.1) is 16.9 Å². The number of rotatable bonds is 7. The van der Waals surface area contributed by atoms with E-state index in [2.05, 4.69) is 0 Å². The highest BCUT2D eigenvalue weighted by atomic mass is 16.5. The van der Waals surface area contributed by atoms with Crippen LogP contribution in [0.4, 0.5) is 11.4 Å². The largest absolute Gasteiger partial charge is 0.489 e. The van der Waals surface area contributed by atoms with Crippen molar-refractivity contribution in [3.05, 3.63) is 106 Å². The number of esters is 1. The Bertz CT molecular complexity index is 1640. The summed E-state index contributed by atoms with van der Waals surface area (Å²) in [5, 5.41) is 0. The van der Waals surface area contributed by atoms with Gasteiger partial charge in [0.15, 0.2) is 0 Å². The highest BCUT2D eigenvalue weighted by Gasteiger charge is 2.35. The molecule has 0 N–H and O–H groups in total. The highest BCUT2D eigenvalue weighted by molar-refractivity contribution is 6.33. The smallest absolute Gasteiger partial charge is 0.343 e. The third-order valence-electron chi connectivity index (χ3n) is 7.22. The van der Waals surface area contributed by atoms with E-state index in [0.29, 0.717) is 45.2 Å².